The van der Waals surface area contributed by atoms with Crippen molar-refractivity contribution < 1.29 is 9.59 Å². The van der Waals surface area contributed by atoms with E-state index < -0.39 is 0 Å². The monoisotopic (exact) mass is 381 g/mol. The number of nitrogens with zero attached hydrogens (tertiary/aromatic N) is 4. The largest absolute Gasteiger partial charge is 0.348 e. The fourth-order valence-corrected chi connectivity index (χ4v) is 4.52. The van der Waals surface area contributed by atoms with Crippen molar-refractivity contribution in [2.24, 2.45) is 5.41 Å². The number of aromatic nitrogens is 3. The minimum atomic E-state index is -0.000367. The van der Waals surface area contributed by atoms with Gasteiger partial charge in [-0.05, 0) is 38.3 Å². The van der Waals surface area contributed by atoms with Gasteiger partial charge in [0, 0.05) is 62.0 Å². The molecule has 4 rings (SSSR count). The van der Waals surface area contributed by atoms with Gasteiger partial charge in [-0.3, -0.25) is 9.59 Å². The molecule has 0 bridgehead atoms. The Bertz CT molecular complexity index is 850. The van der Waals surface area contributed by atoms with Gasteiger partial charge >= 0.3 is 0 Å². The summed E-state index contributed by atoms with van der Waals surface area (Å²) < 4.78 is 0. The van der Waals surface area contributed by atoms with E-state index in [-0.39, 0.29) is 17.2 Å². The Balaban J connectivity index is 1.44. The molecule has 2 aliphatic rings. The van der Waals surface area contributed by atoms with Gasteiger partial charge in [-0.15, -0.1) is 0 Å². The number of piperidine rings is 2. The molecule has 1 N–H and O–H groups in total. The lowest BCUT2D eigenvalue weighted by Gasteiger charge is -2.48. The topological polar surface area (TPSA) is 82.2 Å². The van der Waals surface area contributed by atoms with Gasteiger partial charge in [-0.25, -0.2) is 9.97 Å². The molecule has 28 heavy (non-hydrogen) atoms. The summed E-state index contributed by atoms with van der Waals surface area (Å²) >= 11 is 0. The minimum Gasteiger partial charge on any atom is -0.348 e. The van der Waals surface area contributed by atoms with Crippen LogP contribution >= 0.6 is 0 Å². The van der Waals surface area contributed by atoms with Crippen molar-refractivity contribution in [2.45, 2.75) is 39.0 Å². The van der Waals surface area contributed by atoms with Crippen LogP contribution in [0.4, 0.5) is 0 Å². The zero-order chi connectivity index (χ0) is 19.6. The standard InChI is InChI=1S/C21H27N5O2/c1-16-4-2-5-18(24-16)20(28)26-10-3-8-21(14-26)9-6-19(27)25(13-21)11-7-17-12-22-15-23-17/h2,4-5,12,15H,3,6-11,13-14H2,1H3,(H,22,23)/t21-/m0/s1. The van der Waals surface area contributed by atoms with Crippen molar-refractivity contribution in [1.29, 1.82) is 0 Å². The molecule has 4 heterocycles. The third kappa shape index (κ3) is 3.93. The van der Waals surface area contributed by atoms with E-state index in [1.807, 2.05) is 28.9 Å². The summed E-state index contributed by atoms with van der Waals surface area (Å²) in [6.07, 6.45) is 7.70. The fourth-order valence-electron chi connectivity index (χ4n) is 4.52. The summed E-state index contributed by atoms with van der Waals surface area (Å²) in [4.78, 5) is 40.9. The van der Waals surface area contributed by atoms with E-state index in [1.165, 1.54) is 0 Å². The molecular formula is C21H27N5O2. The minimum absolute atomic E-state index is 0.000367. The Morgan fingerprint density at radius 2 is 2.18 bits per heavy atom. The molecular weight excluding hydrogens is 354 g/mol. The highest BCUT2D eigenvalue weighted by Gasteiger charge is 2.42. The van der Waals surface area contributed by atoms with Crippen LogP contribution in [-0.2, 0) is 11.2 Å². The van der Waals surface area contributed by atoms with Gasteiger partial charge in [0.05, 0.1) is 6.33 Å². The van der Waals surface area contributed by atoms with Crippen molar-refractivity contribution in [3.05, 3.63) is 47.8 Å². The van der Waals surface area contributed by atoms with Crippen LogP contribution in [-0.4, -0.2) is 62.7 Å². The molecule has 1 spiro atoms. The van der Waals surface area contributed by atoms with Crippen LogP contribution in [0.25, 0.3) is 0 Å². The molecule has 2 fully saturated rings. The molecule has 0 aromatic carbocycles. The Hall–Kier alpha value is -2.70. The van der Waals surface area contributed by atoms with Crippen LogP contribution in [0, 0.1) is 12.3 Å². The molecule has 0 aliphatic carbocycles. The van der Waals surface area contributed by atoms with E-state index in [9.17, 15) is 9.59 Å². The van der Waals surface area contributed by atoms with Crippen molar-refractivity contribution in [1.82, 2.24) is 24.8 Å². The highest BCUT2D eigenvalue weighted by Crippen LogP contribution is 2.39. The number of aryl methyl sites for hydroxylation is 1. The van der Waals surface area contributed by atoms with E-state index in [2.05, 4.69) is 15.0 Å². The van der Waals surface area contributed by atoms with Crippen LogP contribution in [0.3, 0.4) is 0 Å². The van der Waals surface area contributed by atoms with Crippen molar-refractivity contribution in [3.63, 3.8) is 0 Å². The lowest BCUT2D eigenvalue weighted by atomic mass is 9.73. The second kappa shape index (κ2) is 7.73. The second-order valence-corrected chi connectivity index (χ2v) is 8.14. The molecule has 7 heteroatoms. The first-order chi connectivity index (χ1) is 13.5. The average molecular weight is 381 g/mol. The molecule has 2 aromatic heterocycles. The highest BCUT2D eigenvalue weighted by molar-refractivity contribution is 5.92. The predicted octanol–water partition coefficient (Wildman–Crippen LogP) is 2.20. The summed E-state index contributed by atoms with van der Waals surface area (Å²) in [5.41, 5.74) is 2.41. The van der Waals surface area contributed by atoms with E-state index >= 15 is 0 Å². The second-order valence-electron chi connectivity index (χ2n) is 8.14. The Kier molecular flexibility index (Phi) is 5.15. The number of hydrogen-bond donors (Lipinski definition) is 1. The first-order valence-corrected chi connectivity index (χ1v) is 10.0. The molecule has 0 radical (unpaired) electrons. The highest BCUT2D eigenvalue weighted by atomic mass is 16.2. The number of rotatable bonds is 4. The van der Waals surface area contributed by atoms with Gasteiger partial charge in [0.25, 0.3) is 5.91 Å². The molecule has 2 amide bonds. The maximum atomic E-state index is 13.0. The van der Waals surface area contributed by atoms with Crippen LogP contribution in [0.2, 0.25) is 0 Å². The zero-order valence-electron chi connectivity index (χ0n) is 16.4. The lowest BCUT2D eigenvalue weighted by molar-refractivity contribution is -0.138. The summed E-state index contributed by atoms with van der Waals surface area (Å²) in [5.74, 6) is 0.220. The van der Waals surface area contributed by atoms with Crippen LogP contribution in [0.1, 0.15) is 47.6 Å². The Labute approximate surface area is 165 Å². The third-order valence-electron chi connectivity index (χ3n) is 6.01. The first kappa shape index (κ1) is 18.7. The molecule has 2 aromatic rings. The van der Waals surface area contributed by atoms with Gasteiger partial charge in [0.1, 0.15) is 5.69 Å². The predicted molar refractivity (Wildman–Crippen MR) is 105 cm³/mol. The molecule has 2 saturated heterocycles. The lowest BCUT2D eigenvalue weighted by Crippen LogP contribution is -2.55. The molecule has 0 unspecified atom stereocenters. The van der Waals surface area contributed by atoms with Crippen LogP contribution in [0.15, 0.2) is 30.7 Å². The normalized spacial score (nSPS) is 22.7. The van der Waals surface area contributed by atoms with Gasteiger partial charge in [-0.2, -0.15) is 0 Å². The fraction of sp³-hybridized carbons (Fsp3) is 0.524. The number of carbonyl (C=O) groups is 2. The number of carbonyl (C=O) groups excluding carboxylic acids is 2. The molecule has 7 nitrogen and oxygen atoms in total. The number of amides is 2. The van der Waals surface area contributed by atoms with Crippen molar-refractivity contribution in [2.75, 3.05) is 26.2 Å². The van der Waals surface area contributed by atoms with Gasteiger partial charge in [0.15, 0.2) is 0 Å². The first-order valence-electron chi connectivity index (χ1n) is 10.0. The van der Waals surface area contributed by atoms with E-state index in [4.69, 9.17) is 0 Å². The SMILES string of the molecule is Cc1cccc(C(=O)N2CCC[C@@]3(CCC(=O)N(CCc4cnc[nH]4)C3)C2)n1. The number of H-pyrrole nitrogens is 1. The smallest absolute Gasteiger partial charge is 0.272 e. The summed E-state index contributed by atoms with van der Waals surface area (Å²) in [7, 11) is 0. The van der Waals surface area contributed by atoms with E-state index in [1.54, 1.807) is 18.6 Å². The van der Waals surface area contributed by atoms with Gasteiger partial charge in [0.2, 0.25) is 5.91 Å². The van der Waals surface area contributed by atoms with E-state index in [0.29, 0.717) is 25.2 Å². The number of pyridine rings is 1. The number of nitrogens with one attached hydrogen (secondary N) is 1. The molecule has 2 aliphatic heterocycles. The van der Waals surface area contributed by atoms with Gasteiger partial charge in [-0.1, -0.05) is 6.07 Å². The maximum absolute atomic E-state index is 13.0. The molecule has 148 valence electrons. The van der Waals surface area contributed by atoms with Crippen LogP contribution in [0.5, 0.6) is 0 Å². The number of hydrogen-bond acceptors (Lipinski definition) is 4. The number of imidazole rings is 1. The molecule has 1 atom stereocenters. The van der Waals surface area contributed by atoms with E-state index in [0.717, 1.165) is 50.2 Å². The summed E-state index contributed by atoms with van der Waals surface area (Å²) in [5, 5.41) is 0. The van der Waals surface area contributed by atoms with Crippen LogP contribution < -0.4 is 0 Å². The number of aromatic amines is 1. The third-order valence-corrected chi connectivity index (χ3v) is 6.01. The average Bonchev–Trinajstić information content (AvgIpc) is 3.22. The quantitative estimate of drug-likeness (QED) is 0.880. The van der Waals surface area contributed by atoms with Crippen molar-refractivity contribution in [3.8, 4) is 0 Å². The zero-order valence-corrected chi connectivity index (χ0v) is 16.4. The Morgan fingerprint density at radius 3 is 2.96 bits per heavy atom. The number of likely N-dealkylation sites (tertiary alicyclic amines) is 2. The summed E-state index contributed by atoms with van der Waals surface area (Å²) in [6.45, 7) is 4.79. The van der Waals surface area contributed by atoms with Gasteiger partial charge < -0.3 is 14.8 Å². The maximum Gasteiger partial charge on any atom is 0.272 e. The molecule has 0 saturated carbocycles. The van der Waals surface area contributed by atoms with Crippen molar-refractivity contribution >= 4 is 11.8 Å². The Morgan fingerprint density at radius 1 is 1.29 bits per heavy atom. The summed E-state index contributed by atoms with van der Waals surface area (Å²) in [6, 6.07) is 5.57.